The highest BCUT2D eigenvalue weighted by Crippen LogP contribution is 3.34. The van der Waals surface area contributed by atoms with Crippen molar-refractivity contribution < 1.29 is 124 Å². The minimum Gasteiger partial charge on any atom is -0.756 e. The summed E-state index contributed by atoms with van der Waals surface area (Å²) >= 11 is 0. The number of phosphoric ester groups is 4. The molecule has 0 saturated carbocycles. The van der Waals surface area contributed by atoms with E-state index >= 15 is 0 Å². The minimum absolute atomic E-state index is 0.00181. The second-order valence-electron chi connectivity index (χ2n) is 27.2. The Bertz CT molecular complexity index is 5500. The van der Waals surface area contributed by atoms with E-state index in [1.165, 1.54) is 52.9 Å². The van der Waals surface area contributed by atoms with Crippen molar-refractivity contribution in [1.29, 1.82) is 10.8 Å². The van der Waals surface area contributed by atoms with Gasteiger partial charge in [0.1, 0.15) is 121 Å². The molecular weight excluding hydrogens is 2630 g/mol. The van der Waals surface area contributed by atoms with Gasteiger partial charge in [0, 0.05) is 0 Å². The Hall–Kier alpha value is 11.5. The number of nitrogen functional groups attached to an aromatic ring is 2. The van der Waals surface area contributed by atoms with Crippen LogP contribution in [0.4, 0.5) is 11.6 Å². The molecular formula is C42H98N20O26P46-4. The highest BCUT2D eigenvalue weighted by Gasteiger charge is 2.57. The SMILES string of the molecule is C[C@]1(n2cnc3c(N)ncnc32)O[C@@H](COP(=O)([O-])OP(=O)([O-])OC[C@H]2O[C@@H](n3cnc(=N)c4[nH]cnc43)C(O)[C@H]2O)C(O)[C@H]1O.C[C@]1(n2cnc3c(N)ncnc32)O[C@@H](COP(=O)([O-])OP(=O)([O-])OC[C@H]2O[C@@H](n3cnc4nc[nH]c4c3=N)C(O)[C@H]2O)C(O)[C@H]1O.PP(P)P(P(P)P)P(P(P)P)P(P(P)P)P(P)P.PP(P)P(P)P(P(P)P)P(P(P(P)P)P(P)P)P(P(P)P)P(P)P. The van der Waals surface area contributed by atoms with Gasteiger partial charge in [-0.2, -0.15) is 0 Å². The van der Waals surface area contributed by atoms with Crippen molar-refractivity contribution in [3.63, 3.8) is 0 Å². The minimum atomic E-state index is -5.71. The number of H-pyrrole nitrogens is 2. The van der Waals surface area contributed by atoms with Gasteiger partial charge in [-0.05, 0) is 147 Å². The molecule has 4 aliphatic rings. The average molecular weight is 2720 g/mol. The first kappa shape index (κ1) is 129. The molecule has 16 N–H and O–H groups in total. The van der Waals surface area contributed by atoms with Gasteiger partial charge in [0.05, 0.1) is 51.7 Å². The number of imidazole rings is 4. The summed E-state index contributed by atoms with van der Waals surface area (Å²) < 4.78 is 103. The van der Waals surface area contributed by atoms with Gasteiger partial charge in [0.2, 0.25) is 0 Å². The standard InChI is InChI=1S/2C21H28N10O13P2.H26P24.H20P18/c1-21(31-7-28-11-16(22)25-5-27-19(11)31)15(35)13(33)9(43-21)3-41-46(38,39)44-45(36,37)40-2-8-12(32)14(34)20(42-8)30-6-29-17(23)10-18(30)26-4-24-10;1-21(31-7-28-10-16(22)25-5-27-19(10)31)15(35)13(33)9(43-21)3-41-46(38,39)44-45(36,37)40-2-8-12(32)14(34)20(42-8)30-6-29-18-11(17(30)23)24-4-26-18;1-14(2)20(13)23(19(11)12)24(21(15(3)4)16(5)6)22(17(7)8)18(9)10;1-11(2)16(12(3)4)18(15(9)10)17(13(5)6)14(7)8/h2*4-9,12-15,20,23,32-35H,2-3H2,1H3,(H,24,26)(H,36,37)(H,38,39)(H2,22,25,27);1-13H2;1-10H2/p-4/t2*8-,9+,12+,13?,14?,15-,20-,21+;;/m11../s1. The topological polar surface area (TPSA) is 695 Å². The molecule has 756 valence electrons. The summed E-state index contributed by atoms with van der Waals surface area (Å²) in [5.74, 6) is 0.0643. The predicted molar refractivity (Wildman–Crippen MR) is 639 cm³/mol. The number of nitrogens with zero attached hydrogens (tertiary/aromatic N) is 14. The molecule has 46 nitrogen and oxygen atoms in total. The second kappa shape index (κ2) is 57.0. The van der Waals surface area contributed by atoms with Gasteiger partial charge in [0.25, 0.3) is 31.3 Å². The number of hydrogen-bond donors (Lipinski definition) is 14. The number of ether oxygens (including phenoxy) is 4. The fourth-order valence-electron chi connectivity index (χ4n) is 12.3. The van der Waals surface area contributed by atoms with Crippen molar-refractivity contribution >= 4 is 426 Å². The Kier molecular flexibility index (Phi) is 54.8. The van der Waals surface area contributed by atoms with Crippen molar-refractivity contribution in [2.45, 2.75) is 111 Å². The quantitative estimate of drug-likeness (QED) is 0.0161. The van der Waals surface area contributed by atoms with Gasteiger partial charge in [-0.25, -0.2) is 58.5 Å². The summed E-state index contributed by atoms with van der Waals surface area (Å²) in [4.78, 5) is 94.5. The van der Waals surface area contributed by atoms with Gasteiger partial charge < -0.3 is 119 Å². The van der Waals surface area contributed by atoms with E-state index in [2.05, 4.69) is 292 Å². The van der Waals surface area contributed by atoms with Crippen LogP contribution in [0.25, 0.3) is 44.7 Å². The molecule has 12 heterocycles. The molecule has 92 heteroatoms. The summed E-state index contributed by atoms with van der Waals surface area (Å²) in [7, 11) is 50.2. The lowest BCUT2D eigenvalue weighted by atomic mass is 10.0. The number of nitrogens with two attached hydrogens (primary N) is 2. The van der Waals surface area contributed by atoms with E-state index in [9.17, 15) is 78.7 Å². The van der Waals surface area contributed by atoms with Crippen LogP contribution in [0.5, 0.6) is 0 Å². The van der Waals surface area contributed by atoms with Crippen molar-refractivity contribution in [2.24, 2.45) is 0 Å². The van der Waals surface area contributed by atoms with E-state index in [-0.39, 0.29) is 200 Å². The smallest absolute Gasteiger partial charge is 0.274 e. The number of aliphatic hydroxyl groups is 8. The predicted octanol–water partition coefficient (Wildman–Crippen LogP) is 16.0. The lowest BCUT2D eigenvalue weighted by Crippen LogP contribution is -2.43. The molecule has 134 heavy (non-hydrogen) atoms. The van der Waals surface area contributed by atoms with Crippen LogP contribution in [-0.2, 0) is 75.4 Å². The molecule has 4 saturated heterocycles. The molecule has 45 atom stereocenters. The number of nitrogens with one attached hydrogen (secondary N) is 4. The third-order valence-electron chi connectivity index (χ3n) is 18.3. The summed E-state index contributed by atoms with van der Waals surface area (Å²) in [6.45, 7) is -0.225. The first-order chi connectivity index (χ1) is 62.2. The molecule has 12 rings (SSSR count). The molecule has 0 aliphatic carbocycles. The van der Waals surface area contributed by atoms with Crippen LogP contribution in [0.15, 0.2) is 50.6 Å². The molecule has 4 fully saturated rings. The number of anilines is 2. The molecule has 4 aliphatic heterocycles. The lowest BCUT2D eigenvalue weighted by molar-refractivity contribution is -0.249. The molecule has 8 aromatic heterocycles. The summed E-state index contributed by atoms with van der Waals surface area (Å²) in [5, 5.41) is 101. The van der Waals surface area contributed by atoms with Gasteiger partial charge in [-0.3, -0.25) is 47.3 Å². The second-order valence-corrected chi connectivity index (χ2v) is 199. The fourth-order valence-corrected chi connectivity index (χ4v) is 515. The van der Waals surface area contributed by atoms with Gasteiger partial charge >= 0.3 is 0 Å². The first-order valence-corrected chi connectivity index (χ1v) is 116. The highest BCUT2D eigenvalue weighted by atomic mass is 33.5. The summed E-state index contributed by atoms with van der Waals surface area (Å²) in [6.07, 6.45) is -12.9. The molecule has 0 amide bonds. The zero-order chi connectivity index (χ0) is 100. The zero-order valence-electron chi connectivity index (χ0n) is 68.4. The first-order valence-electron chi connectivity index (χ1n) is 35.7. The van der Waals surface area contributed by atoms with Crippen LogP contribution < -0.4 is 42.0 Å². The molecule has 0 aromatic carbocycles. The average Bonchev–Trinajstić information content (AvgIpc) is 1.59. The van der Waals surface area contributed by atoms with E-state index in [1.807, 2.05) is 0 Å². The molecule has 0 bridgehead atoms. The Morgan fingerprint density at radius 3 is 1.10 bits per heavy atom. The van der Waals surface area contributed by atoms with Crippen molar-refractivity contribution in [3.8, 4) is 0 Å². The molecule has 0 radical (unpaired) electrons. The molecule has 8 aromatic rings. The lowest BCUT2D eigenvalue weighted by Gasteiger charge is -2.48. The van der Waals surface area contributed by atoms with Crippen LogP contribution in [0.2, 0.25) is 0 Å². The van der Waals surface area contributed by atoms with Crippen LogP contribution in [0.3, 0.4) is 0 Å². The highest BCUT2D eigenvalue weighted by molar-refractivity contribution is 9.40. The van der Waals surface area contributed by atoms with Crippen LogP contribution >= 0.6 is 369 Å². The molecule has 33 unspecified atom stereocenters. The van der Waals surface area contributed by atoms with Crippen LogP contribution in [0, 0.1) is 10.8 Å². The number of hydrogen-bond acceptors (Lipinski definition) is 40. The van der Waals surface area contributed by atoms with Crippen molar-refractivity contribution in [3.05, 3.63) is 61.6 Å². The number of aromatic amines is 2. The fraction of sp³-hybridized carbons (Fsp3) is 0.524. The van der Waals surface area contributed by atoms with Gasteiger partial charge in [0.15, 0.2) is 69.1 Å². The normalized spacial score (nSPS) is 27.1. The number of fused-ring (bicyclic) bond motifs is 4. The third kappa shape index (κ3) is 32.9. The maximum Gasteiger partial charge on any atom is 0.274 e. The number of aliphatic hydroxyl groups excluding tert-OH is 8. The van der Waals surface area contributed by atoms with Crippen molar-refractivity contribution in [2.75, 3.05) is 37.9 Å². The monoisotopic (exact) mass is 2720 g/mol. The number of aromatic nitrogens is 16. The van der Waals surface area contributed by atoms with E-state index in [4.69, 9.17) is 41.2 Å². The number of rotatable bonds is 37. The Morgan fingerprint density at radius 1 is 0.403 bits per heavy atom. The molecule has 0 spiro atoms. The Morgan fingerprint density at radius 2 is 0.739 bits per heavy atom. The maximum atomic E-state index is 12.4. The van der Waals surface area contributed by atoms with E-state index < -0.39 is 155 Å². The summed E-state index contributed by atoms with van der Waals surface area (Å²) in [6, 6.07) is 0. The zero-order valence-corrected chi connectivity index (χ0v) is 116. The van der Waals surface area contributed by atoms with E-state index in [0.29, 0.717) is 0 Å². The van der Waals surface area contributed by atoms with Crippen LogP contribution in [-0.4, -0.2) is 219 Å². The van der Waals surface area contributed by atoms with Gasteiger partial charge in [-0.1, -0.05) is 0 Å². The Balaban J connectivity index is 0.000000215. The summed E-state index contributed by atoms with van der Waals surface area (Å²) in [5.41, 5.74) is 9.04. The third-order valence-corrected chi connectivity index (χ3v) is 286. The maximum absolute atomic E-state index is 12.4. The number of phosphoric acid groups is 4. The van der Waals surface area contributed by atoms with E-state index in [0.717, 1.165) is 29.9 Å². The Labute approximate surface area is 841 Å². The van der Waals surface area contributed by atoms with Crippen molar-refractivity contribution in [1.82, 2.24) is 78.1 Å². The van der Waals surface area contributed by atoms with E-state index in [1.54, 1.807) is 0 Å². The van der Waals surface area contributed by atoms with Gasteiger partial charge in [-0.15, -0.1) is 205 Å². The van der Waals surface area contributed by atoms with Crippen LogP contribution in [0.1, 0.15) is 26.3 Å². The largest absolute Gasteiger partial charge is 0.756 e.